The Morgan fingerprint density at radius 1 is 0.533 bits per heavy atom. The average molecular weight is 793 g/mol. The van der Waals surface area contributed by atoms with Crippen LogP contribution in [0.15, 0.2) is 146 Å². The number of fused-ring (bicyclic) bond motifs is 13. The fourth-order valence-electron chi connectivity index (χ4n) is 9.27. The molecular formula is C50H40N4O6. The van der Waals surface area contributed by atoms with Crippen LogP contribution in [0.1, 0.15) is 71.1 Å². The van der Waals surface area contributed by atoms with Crippen LogP contribution in [0, 0.1) is 20.2 Å². The minimum atomic E-state index is -1.13. The molecule has 0 aliphatic heterocycles. The third-order valence-corrected chi connectivity index (χ3v) is 11.9. The molecule has 10 nitrogen and oxygen atoms in total. The molecule has 1 aliphatic carbocycles. The maximum Gasteiger partial charge on any atom is 0.277 e. The maximum absolute atomic E-state index is 13.6. The van der Waals surface area contributed by atoms with Gasteiger partial charge in [-0.3, -0.25) is 29.8 Å². The van der Waals surface area contributed by atoms with Gasteiger partial charge in [0.25, 0.3) is 17.3 Å². The third kappa shape index (κ3) is 6.85. The first-order valence-corrected chi connectivity index (χ1v) is 20.2. The molecule has 296 valence electrons. The van der Waals surface area contributed by atoms with E-state index in [0.717, 1.165) is 50.3 Å². The van der Waals surface area contributed by atoms with E-state index in [0.29, 0.717) is 12.1 Å². The molecule has 0 saturated carbocycles. The largest absolute Gasteiger partial charge is 0.354 e. The Hall–Kier alpha value is -7.46. The first-order valence-electron chi connectivity index (χ1n) is 20.2. The number of unbranched alkanes of at least 4 members (excludes halogenated alkanes) is 3. The minimum Gasteiger partial charge on any atom is -0.354 e. The Balaban J connectivity index is 0.930. The Bertz CT molecular complexity index is 2860. The van der Waals surface area contributed by atoms with Crippen molar-refractivity contribution in [2.24, 2.45) is 0 Å². The lowest BCUT2D eigenvalue weighted by molar-refractivity contribution is -0.394. The number of hydrogen-bond donors (Lipinski definition) is 2. The molecule has 0 bridgehead atoms. The fourth-order valence-corrected chi connectivity index (χ4v) is 9.27. The molecule has 1 atom stereocenters. The molecule has 0 spiro atoms. The van der Waals surface area contributed by atoms with Crippen molar-refractivity contribution in [3.8, 4) is 11.1 Å². The number of amides is 2. The summed E-state index contributed by atoms with van der Waals surface area (Å²) in [6, 6.07) is 45.4. The van der Waals surface area contributed by atoms with E-state index in [1.54, 1.807) is 30.3 Å². The Morgan fingerprint density at radius 2 is 0.967 bits per heavy atom. The van der Waals surface area contributed by atoms with Gasteiger partial charge < -0.3 is 10.6 Å². The highest BCUT2D eigenvalue weighted by molar-refractivity contribution is 6.25. The second-order valence-electron chi connectivity index (χ2n) is 15.4. The van der Waals surface area contributed by atoms with Crippen LogP contribution in [-0.2, 0) is 4.79 Å². The number of nitro benzene ring substituents is 2. The number of nitrogens with zero attached hydrogens (tertiary/aromatic N) is 2. The van der Waals surface area contributed by atoms with E-state index < -0.39 is 39.1 Å². The zero-order valence-electron chi connectivity index (χ0n) is 32.6. The van der Waals surface area contributed by atoms with Crippen LogP contribution in [-0.4, -0.2) is 28.2 Å². The fraction of sp³-hybridized carbons (Fsp3) is 0.160. The van der Waals surface area contributed by atoms with Crippen molar-refractivity contribution in [1.82, 2.24) is 10.6 Å². The van der Waals surface area contributed by atoms with Crippen molar-refractivity contribution in [2.45, 2.75) is 44.1 Å². The number of benzene rings is 8. The Labute approximate surface area is 345 Å². The van der Waals surface area contributed by atoms with E-state index in [4.69, 9.17) is 0 Å². The summed E-state index contributed by atoms with van der Waals surface area (Å²) in [5.41, 5.74) is 4.51. The van der Waals surface area contributed by atoms with Crippen molar-refractivity contribution in [3.63, 3.8) is 0 Å². The molecule has 2 N–H and O–H groups in total. The summed E-state index contributed by atoms with van der Waals surface area (Å²) >= 11 is 0. The van der Waals surface area contributed by atoms with Gasteiger partial charge in [-0.1, -0.05) is 147 Å². The van der Waals surface area contributed by atoms with Crippen LogP contribution < -0.4 is 10.6 Å². The lowest BCUT2D eigenvalue weighted by atomic mass is 9.84. The van der Waals surface area contributed by atoms with Gasteiger partial charge >= 0.3 is 0 Å². The number of non-ortho nitro benzene ring substituents is 2. The van der Waals surface area contributed by atoms with Crippen LogP contribution >= 0.6 is 0 Å². The Kier molecular flexibility index (Phi) is 10.2. The average Bonchev–Trinajstić information content (AvgIpc) is 3.63. The summed E-state index contributed by atoms with van der Waals surface area (Å²) in [5, 5.41) is 38.7. The lowest BCUT2D eigenvalue weighted by Gasteiger charge is -2.19. The topological polar surface area (TPSA) is 144 Å². The summed E-state index contributed by atoms with van der Waals surface area (Å²) in [4.78, 5) is 48.2. The van der Waals surface area contributed by atoms with Gasteiger partial charge in [0.1, 0.15) is 6.04 Å². The van der Waals surface area contributed by atoms with Gasteiger partial charge in [0.15, 0.2) is 0 Å². The number of nitro groups is 2. The molecule has 0 aromatic heterocycles. The molecule has 2 amide bonds. The number of carbonyl (C=O) groups excluding carboxylic acids is 2. The van der Waals surface area contributed by atoms with Crippen LogP contribution in [0.2, 0.25) is 0 Å². The molecule has 0 radical (unpaired) electrons. The van der Waals surface area contributed by atoms with Gasteiger partial charge in [0, 0.05) is 24.6 Å². The van der Waals surface area contributed by atoms with Gasteiger partial charge in [0.05, 0.1) is 21.5 Å². The molecule has 9 rings (SSSR count). The van der Waals surface area contributed by atoms with E-state index in [1.807, 2.05) is 0 Å². The third-order valence-electron chi connectivity index (χ3n) is 11.9. The number of hydrogen-bond acceptors (Lipinski definition) is 6. The zero-order valence-corrected chi connectivity index (χ0v) is 32.6. The van der Waals surface area contributed by atoms with Crippen molar-refractivity contribution >= 4 is 66.3 Å². The lowest BCUT2D eigenvalue weighted by Crippen LogP contribution is -2.40. The Morgan fingerprint density at radius 3 is 1.47 bits per heavy atom. The smallest absolute Gasteiger partial charge is 0.277 e. The van der Waals surface area contributed by atoms with E-state index in [9.17, 15) is 29.8 Å². The molecule has 0 unspecified atom stereocenters. The van der Waals surface area contributed by atoms with Gasteiger partial charge in [-0.15, -0.1) is 0 Å². The quantitative estimate of drug-likeness (QED) is 0.0514. The summed E-state index contributed by atoms with van der Waals surface area (Å²) in [6.45, 7) is 0.378. The predicted octanol–water partition coefficient (Wildman–Crippen LogP) is 11.5. The molecule has 8 aromatic carbocycles. The number of rotatable bonds is 13. The molecule has 0 fully saturated rings. The van der Waals surface area contributed by atoms with E-state index in [-0.39, 0.29) is 11.5 Å². The molecular weight excluding hydrogens is 753 g/mol. The SMILES string of the molecule is O=C(N[C@@H](C(=O)NCCCCCCC1c2c(c3ccccc3c3ccccc23)-c2c1c1ccccc1c1ccccc21)c1ccccc1)c1cc([N+](=O)[O-])cc([N+](=O)[O-])c1. The molecule has 0 heterocycles. The molecule has 1 aliphatic rings. The van der Waals surface area contributed by atoms with Crippen LogP contribution in [0.25, 0.3) is 54.2 Å². The van der Waals surface area contributed by atoms with Gasteiger partial charge in [-0.2, -0.15) is 0 Å². The standard InChI is InChI=1S/C50H40N4O6/c55-49(32-28-33(53(57)58)30-34(29-32)54(59)60)52-48(31-16-4-3-5-17-31)50(56)51-27-15-2-1-6-26-43-44-39-22-11-7-18-35(39)37-20-9-13-24-41(37)46(44)47-42-25-14-10-21-38(42)36-19-8-12-23-40(36)45(43)47/h3-5,7-14,16-25,28-30,43,48H,1-2,6,15,26-27H2,(H,51,56)(H,52,55)/t48-/m1/s1. The van der Waals surface area contributed by atoms with Crippen LogP contribution in [0.5, 0.6) is 0 Å². The maximum atomic E-state index is 13.6. The van der Waals surface area contributed by atoms with Crippen molar-refractivity contribution < 1.29 is 19.4 Å². The van der Waals surface area contributed by atoms with Gasteiger partial charge in [-0.25, -0.2) is 0 Å². The highest BCUT2D eigenvalue weighted by Gasteiger charge is 2.35. The van der Waals surface area contributed by atoms with Crippen LogP contribution in [0.4, 0.5) is 11.4 Å². The highest BCUT2D eigenvalue weighted by atomic mass is 16.6. The number of nitrogens with one attached hydrogen (secondary N) is 2. The second kappa shape index (κ2) is 16.1. The minimum absolute atomic E-state index is 0.196. The van der Waals surface area contributed by atoms with Crippen LogP contribution in [0.3, 0.4) is 0 Å². The van der Waals surface area contributed by atoms with Gasteiger partial charge in [-0.05, 0) is 83.7 Å². The first kappa shape index (κ1) is 38.1. The number of carbonyl (C=O) groups is 2. The molecule has 60 heavy (non-hydrogen) atoms. The van der Waals surface area contributed by atoms with Crippen molar-refractivity contribution in [1.29, 1.82) is 0 Å². The second-order valence-corrected chi connectivity index (χ2v) is 15.4. The predicted molar refractivity (Wildman–Crippen MR) is 236 cm³/mol. The monoisotopic (exact) mass is 792 g/mol. The summed E-state index contributed by atoms with van der Waals surface area (Å²) in [5.74, 6) is -1.10. The highest BCUT2D eigenvalue weighted by Crippen LogP contribution is 2.57. The summed E-state index contributed by atoms with van der Waals surface area (Å²) in [7, 11) is 0. The zero-order chi connectivity index (χ0) is 41.3. The van der Waals surface area contributed by atoms with Crippen molar-refractivity contribution in [3.05, 3.63) is 188 Å². The summed E-state index contributed by atoms with van der Waals surface area (Å²) < 4.78 is 0. The normalized spacial score (nSPS) is 12.7. The van der Waals surface area contributed by atoms with Crippen molar-refractivity contribution in [2.75, 3.05) is 6.54 Å². The van der Waals surface area contributed by atoms with E-state index in [1.165, 1.54) is 65.3 Å². The summed E-state index contributed by atoms with van der Waals surface area (Å²) in [6.07, 6.45) is 4.51. The molecule has 0 saturated heterocycles. The molecule has 8 aromatic rings. The molecule has 10 heteroatoms. The van der Waals surface area contributed by atoms with Gasteiger partial charge in [0.2, 0.25) is 5.91 Å². The first-order chi connectivity index (χ1) is 29.3. The van der Waals surface area contributed by atoms with E-state index in [2.05, 4.69) is 108 Å². The van der Waals surface area contributed by atoms with E-state index >= 15 is 0 Å².